The summed E-state index contributed by atoms with van der Waals surface area (Å²) >= 11 is 6.11. The lowest BCUT2D eigenvalue weighted by Crippen LogP contribution is -2.07. The Morgan fingerprint density at radius 2 is 2.00 bits per heavy atom. The van der Waals surface area contributed by atoms with E-state index in [0.29, 0.717) is 16.8 Å². The quantitative estimate of drug-likeness (QED) is 0.345. The van der Waals surface area contributed by atoms with Gasteiger partial charge in [-0.1, -0.05) is 48.8 Å². The molecule has 0 spiro atoms. The molecule has 0 aliphatic heterocycles. The van der Waals surface area contributed by atoms with E-state index < -0.39 is 0 Å². The number of hydrogen-bond acceptors (Lipinski definition) is 5. The summed E-state index contributed by atoms with van der Waals surface area (Å²) in [4.78, 5) is 14.7. The van der Waals surface area contributed by atoms with Gasteiger partial charge in [0.15, 0.2) is 18.1 Å². The van der Waals surface area contributed by atoms with Gasteiger partial charge in [-0.2, -0.15) is 0 Å². The van der Waals surface area contributed by atoms with Crippen molar-refractivity contribution in [2.75, 3.05) is 0 Å². The molecule has 8 heteroatoms. The fourth-order valence-corrected chi connectivity index (χ4v) is 3.58. The predicted octanol–water partition coefficient (Wildman–Crippen LogP) is 4.56. The molecule has 4 rings (SSSR count). The number of aromatic nitrogens is 5. The van der Waals surface area contributed by atoms with E-state index in [1.807, 2.05) is 18.2 Å². The topological polar surface area (TPSA) is 69.6 Å². The van der Waals surface area contributed by atoms with Gasteiger partial charge in [0, 0.05) is 22.8 Å². The van der Waals surface area contributed by atoms with Gasteiger partial charge in [0.05, 0.1) is 11.6 Å². The monoisotopic (exact) mass is 410 g/mol. The molecular formula is C21H23ClN6O. The molecule has 0 bridgehead atoms. The average molecular weight is 411 g/mol. The highest BCUT2D eigenvalue weighted by molar-refractivity contribution is 6.33. The number of oxime groups is 1. The van der Waals surface area contributed by atoms with E-state index in [9.17, 15) is 0 Å². The summed E-state index contributed by atoms with van der Waals surface area (Å²) in [5, 5.41) is 10.1. The molecule has 3 heterocycles. The standard InChI is InChI=1S/C21H23ClN6O/c1-13(2)10-27-15(4)14(3)19-20(27)23-12-28-21(19)25-18(26-28)11-29-24-9-16-7-5-6-8-17(16)22/h5-9,12-13H,10-11H2,1-4H3/b24-9+. The van der Waals surface area contributed by atoms with Crippen LogP contribution in [0.1, 0.15) is 36.5 Å². The molecule has 0 aliphatic rings. The van der Waals surface area contributed by atoms with Crippen LogP contribution in [0.2, 0.25) is 5.02 Å². The maximum atomic E-state index is 6.11. The zero-order valence-corrected chi connectivity index (χ0v) is 17.7. The highest BCUT2D eigenvalue weighted by Crippen LogP contribution is 2.27. The predicted molar refractivity (Wildman–Crippen MR) is 114 cm³/mol. The van der Waals surface area contributed by atoms with Crippen LogP contribution < -0.4 is 0 Å². The van der Waals surface area contributed by atoms with Crippen LogP contribution in [0, 0.1) is 19.8 Å². The first kappa shape index (κ1) is 19.4. The average Bonchev–Trinajstić information content (AvgIpc) is 3.20. The number of rotatable bonds is 6. The largest absolute Gasteiger partial charge is 0.387 e. The third-order valence-electron chi connectivity index (χ3n) is 4.90. The molecule has 0 unspecified atom stereocenters. The van der Waals surface area contributed by atoms with Crippen molar-refractivity contribution in [3.05, 3.63) is 58.3 Å². The lowest BCUT2D eigenvalue weighted by atomic mass is 10.2. The van der Waals surface area contributed by atoms with Crippen molar-refractivity contribution in [3.63, 3.8) is 0 Å². The normalized spacial score (nSPS) is 12.1. The van der Waals surface area contributed by atoms with Crippen LogP contribution in [0.3, 0.4) is 0 Å². The molecule has 4 aromatic rings. The molecule has 0 amide bonds. The lowest BCUT2D eigenvalue weighted by Gasteiger charge is -2.10. The molecule has 0 saturated carbocycles. The maximum absolute atomic E-state index is 6.11. The Kier molecular flexibility index (Phi) is 5.24. The van der Waals surface area contributed by atoms with E-state index in [0.717, 1.165) is 28.8 Å². The minimum atomic E-state index is 0.162. The summed E-state index contributed by atoms with van der Waals surface area (Å²) in [6.45, 7) is 9.72. The van der Waals surface area contributed by atoms with Crippen molar-refractivity contribution in [2.24, 2.45) is 11.1 Å². The molecule has 150 valence electrons. The van der Waals surface area contributed by atoms with E-state index in [2.05, 4.69) is 52.5 Å². The van der Waals surface area contributed by atoms with E-state index >= 15 is 0 Å². The van der Waals surface area contributed by atoms with Gasteiger partial charge in [0.1, 0.15) is 12.0 Å². The third-order valence-corrected chi connectivity index (χ3v) is 5.25. The molecule has 0 radical (unpaired) electrons. The Bertz CT molecular complexity index is 1210. The number of hydrogen-bond donors (Lipinski definition) is 0. The van der Waals surface area contributed by atoms with Crippen LogP contribution in [-0.4, -0.2) is 30.4 Å². The fraction of sp³-hybridized carbons (Fsp3) is 0.333. The number of benzene rings is 1. The number of halogens is 1. The van der Waals surface area contributed by atoms with Gasteiger partial charge < -0.3 is 9.40 Å². The molecule has 0 aliphatic carbocycles. The van der Waals surface area contributed by atoms with Crippen LogP contribution in [0.5, 0.6) is 0 Å². The maximum Gasteiger partial charge on any atom is 0.192 e. The van der Waals surface area contributed by atoms with E-state index in [1.165, 1.54) is 11.3 Å². The van der Waals surface area contributed by atoms with E-state index in [1.54, 1.807) is 23.1 Å². The summed E-state index contributed by atoms with van der Waals surface area (Å²) in [5.41, 5.74) is 4.90. The van der Waals surface area contributed by atoms with Crippen molar-refractivity contribution in [1.82, 2.24) is 24.1 Å². The Hall–Kier alpha value is -2.93. The Morgan fingerprint density at radius 3 is 2.76 bits per heavy atom. The second kappa shape index (κ2) is 7.83. The summed E-state index contributed by atoms with van der Waals surface area (Å²) < 4.78 is 3.96. The van der Waals surface area contributed by atoms with Gasteiger partial charge in [-0.05, 0) is 31.4 Å². The molecule has 0 fully saturated rings. The Morgan fingerprint density at radius 1 is 1.21 bits per heavy atom. The molecule has 7 nitrogen and oxygen atoms in total. The van der Waals surface area contributed by atoms with Gasteiger partial charge in [0.25, 0.3) is 0 Å². The fourth-order valence-electron chi connectivity index (χ4n) is 3.39. The van der Waals surface area contributed by atoms with Crippen LogP contribution >= 0.6 is 11.6 Å². The molecule has 0 N–H and O–H groups in total. The van der Waals surface area contributed by atoms with Crippen LogP contribution in [0.25, 0.3) is 16.7 Å². The van der Waals surface area contributed by atoms with Gasteiger partial charge >= 0.3 is 0 Å². The number of aryl methyl sites for hydroxylation is 1. The van der Waals surface area contributed by atoms with Crippen molar-refractivity contribution >= 4 is 34.5 Å². The zero-order valence-electron chi connectivity index (χ0n) is 16.9. The summed E-state index contributed by atoms with van der Waals surface area (Å²) in [6.07, 6.45) is 3.29. The first-order chi connectivity index (χ1) is 14.0. The third kappa shape index (κ3) is 3.70. The zero-order chi connectivity index (χ0) is 20.5. The summed E-state index contributed by atoms with van der Waals surface area (Å²) in [7, 11) is 0. The van der Waals surface area contributed by atoms with Crippen molar-refractivity contribution < 1.29 is 4.84 Å². The highest BCUT2D eigenvalue weighted by atomic mass is 35.5. The van der Waals surface area contributed by atoms with Crippen molar-refractivity contribution in [2.45, 2.75) is 40.8 Å². The van der Waals surface area contributed by atoms with Gasteiger partial charge in [0.2, 0.25) is 0 Å². The van der Waals surface area contributed by atoms with Gasteiger partial charge in [-0.3, -0.25) is 0 Å². The molecular weight excluding hydrogens is 388 g/mol. The molecule has 3 aromatic heterocycles. The Labute approximate surface area is 174 Å². The minimum Gasteiger partial charge on any atom is -0.387 e. The van der Waals surface area contributed by atoms with Crippen molar-refractivity contribution in [3.8, 4) is 0 Å². The minimum absolute atomic E-state index is 0.162. The smallest absolute Gasteiger partial charge is 0.192 e. The van der Waals surface area contributed by atoms with Crippen LogP contribution in [0.4, 0.5) is 0 Å². The highest BCUT2D eigenvalue weighted by Gasteiger charge is 2.18. The van der Waals surface area contributed by atoms with E-state index in [-0.39, 0.29) is 6.61 Å². The van der Waals surface area contributed by atoms with Crippen molar-refractivity contribution in [1.29, 1.82) is 0 Å². The lowest BCUT2D eigenvalue weighted by molar-refractivity contribution is 0.126. The van der Waals surface area contributed by atoms with E-state index in [4.69, 9.17) is 16.4 Å². The SMILES string of the molecule is Cc1c(C)n(CC(C)C)c2ncn3nc(CO/N=C/c4ccccc4Cl)nc3c12. The van der Waals surface area contributed by atoms with Gasteiger partial charge in [-0.25, -0.2) is 14.5 Å². The first-order valence-electron chi connectivity index (χ1n) is 9.55. The summed E-state index contributed by atoms with van der Waals surface area (Å²) in [6, 6.07) is 7.44. The second-order valence-electron chi connectivity index (χ2n) is 7.48. The first-order valence-corrected chi connectivity index (χ1v) is 9.93. The molecule has 0 atom stereocenters. The number of fused-ring (bicyclic) bond motifs is 3. The number of nitrogens with zero attached hydrogens (tertiary/aromatic N) is 6. The molecule has 1 aromatic carbocycles. The summed E-state index contributed by atoms with van der Waals surface area (Å²) in [5.74, 6) is 1.07. The van der Waals surface area contributed by atoms with Crippen LogP contribution in [0.15, 0.2) is 35.7 Å². The Balaban J connectivity index is 1.61. The molecule has 0 saturated heterocycles. The van der Waals surface area contributed by atoms with Gasteiger partial charge in [-0.15, -0.1) is 5.10 Å². The second-order valence-corrected chi connectivity index (χ2v) is 7.89. The van der Waals surface area contributed by atoms with Crippen LogP contribution in [-0.2, 0) is 18.0 Å². The molecule has 29 heavy (non-hydrogen) atoms.